The number of imidazole rings is 1. The Hall–Kier alpha value is -3.67. The van der Waals surface area contributed by atoms with Gasteiger partial charge in [0.1, 0.15) is 17.4 Å². The van der Waals surface area contributed by atoms with Crippen LogP contribution in [0.15, 0.2) is 47.9 Å². The van der Waals surface area contributed by atoms with Gasteiger partial charge in [-0.2, -0.15) is 18.4 Å². The summed E-state index contributed by atoms with van der Waals surface area (Å²) in [4.78, 5) is 13.1. The van der Waals surface area contributed by atoms with Crippen LogP contribution in [0.2, 0.25) is 0 Å². The van der Waals surface area contributed by atoms with E-state index in [4.69, 9.17) is 5.73 Å². The topological polar surface area (TPSA) is 92.4 Å². The summed E-state index contributed by atoms with van der Waals surface area (Å²) in [5.74, 6) is 0. The third kappa shape index (κ3) is 5.52. The van der Waals surface area contributed by atoms with Crippen LogP contribution < -0.4 is 5.73 Å². The van der Waals surface area contributed by atoms with Crippen molar-refractivity contribution in [1.29, 1.82) is 5.26 Å². The Morgan fingerprint density at radius 2 is 2.00 bits per heavy atom. The van der Waals surface area contributed by atoms with Crippen molar-refractivity contribution in [3.63, 3.8) is 0 Å². The standard InChI is InChI=1S/C23H23F3N6/c1-15-12-32-7-6-16(8-20(32)30-15)21-19(5-4-18(10-28)31-21)17(9-27)11-29-14-22(2,3)13-23(24,25)26/h4-9,11-12H,13-14,27H2,1-3H3. The zero-order valence-corrected chi connectivity index (χ0v) is 18.0. The highest BCUT2D eigenvalue weighted by molar-refractivity contribution is 6.11. The van der Waals surface area contributed by atoms with Crippen molar-refractivity contribution in [2.45, 2.75) is 33.4 Å². The second-order valence-corrected chi connectivity index (χ2v) is 8.32. The third-order valence-electron chi connectivity index (χ3n) is 4.78. The number of rotatable bonds is 6. The summed E-state index contributed by atoms with van der Waals surface area (Å²) in [7, 11) is 0. The molecule has 0 radical (unpaired) electrons. The lowest BCUT2D eigenvalue weighted by molar-refractivity contribution is -0.153. The van der Waals surface area contributed by atoms with E-state index in [1.165, 1.54) is 26.3 Å². The van der Waals surface area contributed by atoms with E-state index in [1.807, 2.05) is 41.9 Å². The van der Waals surface area contributed by atoms with Gasteiger partial charge in [-0.05, 0) is 36.6 Å². The van der Waals surface area contributed by atoms with Gasteiger partial charge in [0.2, 0.25) is 0 Å². The summed E-state index contributed by atoms with van der Waals surface area (Å²) in [6.45, 7) is 4.89. The molecule has 0 aliphatic rings. The molecule has 3 aromatic heterocycles. The fraction of sp³-hybridized carbons (Fsp3) is 0.304. The van der Waals surface area contributed by atoms with Gasteiger partial charge in [0.05, 0.1) is 17.8 Å². The Morgan fingerprint density at radius 1 is 1.25 bits per heavy atom. The molecule has 9 heteroatoms. The number of nitriles is 1. The summed E-state index contributed by atoms with van der Waals surface area (Å²) in [5, 5.41) is 9.31. The molecule has 3 heterocycles. The van der Waals surface area contributed by atoms with Crippen molar-refractivity contribution in [2.75, 3.05) is 6.54 Å². The van der Waals surface area contributed by atoms with Crippen molar-refractivity contribution >= 4 is 17.4 Å². The molecule has 0 aliphatic heterocycles. The normalized spacial score (nSPS) is 13.1. The Bertz CT molecular complexity index is 1230. The van der Waals surface area contributed by atoms with Crippen LogP contribution in [0.3, 0.4) is 0 Å². The second kappa shape index (κ2) is 8.83. The first-order valence-electron chi connectivity index (χ1n) is 9.87. The molecule has 6 nitrogen and oxygen atoms in total. The average molecular weight is 440 g/mol. The second-order valence-electron chi connectivity index (χ2n) is 8.32. The van der Waals surface area contributed by atoms with Crippen LogP contribution in [0.1, 0.15) is 37.2 Å². The summed E-state index contributed by atoms with van der Waals surface area (Å²) < 4.78 is 40.2. The highest BCUT2D eigenvalue weighted by atomic mass is 19.4. The van der Waals surface area contributed by atoms with Crippen molar-refractivity contribution in [2.24, 2.45) is 16.1 Å². The largest absolute Gasteiger partial charge is 0.404 e. The van der Waals surface area contributed by atoms with Crippen LogP contribution in [0.25, 0.3) is 22.5 Å². The van der Waals surface area contributed by atoms with Gasteiger partial charge in [-0.3, -0.25) is 4.99 Å². The van der Waals surface area contributed by atoms with E-state index in [1.54, 1.807) is 12.1 Å². The molecule has 0 atom stereocenters. The maximum absolute atomic E-state index is 12.8. The zero-order chi connectivity index (χ0) is 23.5. The Labute approximate surface area is 183 Å². The number of allylic oxidation sites excluding steroid dienone is 1. The molecule has 0 saturated carbocycles. The molecular formula is C23H23F3N6. The predicted octanol–water partition coefficient (Wildman–Crippen LogP) is 4.93. The molecule has 3 aromatic rings. The number of aliphatic imine (C=N–C) groups is 1. The van der Waals surface area contributed by atoms with Crippen LogP contribution in [-0.4, -0.2) is 33.3 Å². The van der Waals surface area contributed by atoms with Crippen molar-refractivity contribution in [1.82, 2.24) is 14.4 Å². The Balaban J connectivity index is 1.98. The lowest BCUT2D eigenvalue weighted by Gasteiger charge is -2.23. The number of fused-ring (bicyclic) bond motifs is 1. The fourth-order valence-corrected chi connectivity index (χ4v) is 3.42. The molecule has 0 unspecified atom stereocenters. The van der Waals surface area contributed by atoms with Gasteiger partial charge >= 0.3 is 6.18 Å². The molecule has 32 heavy (non-hydrogen) atoms. The molecular weight excluding hydrogens is 417 g/mol. The first kappa shape index (κ1) is 23.0. The van der Waals surface area contributed by atoms with E-state index in [0.717, 1.165) is 16.9 Å². The van der Waals surface area contributed by atoms with E-state index in [2.05, 4.69) is 15.0 Å². The third-order valence-corrected chi connectivity index (χ3v) is 4.78. The maximum atomic E-state index is 12.8. The molecule has 3 rings (SSSR count). The quantitative estimate of drug-likeness (QED) is 0.551. The number of hydrogen-bond donors (Lipinski definition) is 1. The summed E-state index contributed by atoms with van der Waals surface area (Å²) in [5.41, 5.74) is 8.90. The Morgan fingerprint density at radius 3 is 2.66 bits per heavy atom. The lowest BCUT2D eigenvalue weighted by Crippen LogP contribution is -2.25. The van der Waals surface area contributed by atoms with E-state index in [9.17, 15) is 18.4 Å². The summed E-state index contributed by atoms with van der Waals surface area (Å²) >= 11 is 0. The molecule has 0 fully saturated rings. The Kier molecular flexibility index (Phi) is 6.35. The van der Waals surface area contributed by atoms with Crippen LogP contribution in [-0.2, 0) is 0 Å². The maximum Gasteiger partial charge on any atom is 0.389 e. The van der Waals surface area contributed by atoms with E-state index >= 15 is 0 Å². The molecule has 0 bridgehead atoms. The van der Waals surface area contributed by atoms with Crippen LogP contribution in [0, 0.1) is 23.7 Å². The molecule has 0 saturated heterocycles. The first-order chi connectivity index (χ1) is 15.0. The van der Waals surface area contributed by atoms with Gasteiger partial charge in [0.25, 0.3) is 0 Å². The SMILES string of the molecule is Cc1cn2ccc(-c3nc(C#N)ccc3C(C=NCC(C)(C)CC(F)(F)F)=CN)cc2n1. The van der Waals surface area contributed by atoms with Gasteiger partial charge < -0.3 is 10.1 Å². The van der Waals surface area contributed by atoms with Gasteiger partial charge in [-0.15, -0.1) is 0 Å². The highest BCUT2D eigenvalue weighted by Gasteiger charge is 2.36. The number of aromatic nitrogens is 3. The van der Waals surface area contributed by atoms with Crippen molar-refractivity contribution in [3.05, 3.63) is 59.8 Å². The van der Waals surface area contributed by atoms with Crippen LogP contribution >= 0.6 is 0 Å². The first-order valence-corrected chi connectivity index (χ1v) is 9.87. The monoisotopic (exact) mass is 440 g/mol. The van der Waals surface area contributed by atoms with Gasteiger partial charge in [0.15, 0.2) is 0 Å². The summed E-state index contributed by atoms with van der Waals surface area (Å²) in [6.07, 6.45) is 1.30. The molecule has 0 aliphatic carbocycles. The minimum atomic E-state index is -4.26. The molecule has 0 amide bonds. The number of pyridine rings is 2. The molecule has 166 valence electrons. The predicted molar refractivity (Wildman–Crippen MR) is 118 cm³/mol. The van der Waals surface area contributed by atoms with E-state index in [-0.39, 0.29) is 12.2 Å². The zero-order valence-electron chi connectivity index (χ0n) is 18.0. The van der Waals surface area contributed by atoms with Crippen LogP contribution in [0.4, 0.5) is 13.2 Å². The van der Waals surface area contributed by atoms with Gasteiger partial charge in [0, 0.05) is 48.1 Å². The van der Waals surface area contributed by atoms with Crippen LogP contribution in [0.5, 0.6) is 0 Å². The number of alkyl halides is 3. The molecule has 2 N–H and O–H groups in total. The minimum Gasteiger partial charge on any atom is -0.404 e. The van der Waals surface area contributed by atoms with Gasteiger partial charge in [-0.1, -0.05) is 13.8 Å². The number of nitrogens with two attached hydrogens (primary N) is 1. The minimum absolute atomic E-state index is 0.0256. The van der Waals surface area contributed by atoms with E-state index < -0.39 is 18.0 Å². The summed E-state index contributed by atoms with van der Waals surface area (Å²) in [6, 6.07) is 8.97. The molecule has 0 aromatic carbocycles. The average Bonchev–Trinajstić information content (AvgIpc) is 3.08. The highest BCUT2D eigenvalue weighted by Crippen LogP contribution is 2.33. The van der Waals surface area contributed by atoms with E-state index in [0.29, 0.717) is 16.8 Å². The van der Waals surface area contributed by atoms with Crippen molar-refractivity contribution < 1.29 is 13.2 Å². The molecule has 0 spiro atoms. The lowest BCUT2D eigenvalue weighted by atomic mass is 9.89. The van der Waals surface area contributed by atoms with Crippen molar-refractivity contribution in [3.8, 4) is 17.3 Å². The van der Waals surface area contributed by atoms with Gasteiger partial charge in [-0.25, -0.2) is 9.97 Å². The number of aryl methyl sites for hydroxylation is 1. The fourth-order valence-electron chi connectivity index (χ4n) is 3.42. The smallest absolute Gasteiger partial charge is 0.389 e. The number of hydrogen-bond acceptors (Lipinski definition) is 5. The number of halogens is 3. The number of nitrogens with zero attached hydrogens (tertiary/aromatic N) is 5.